The molecule has 0 spiro atoms. The van der Waals surface area contributed by atoms with Crippen LogP contribution < -0.4 is 5.32 Å². The minimum absolute atomic E-state index is 0.0914. The maximum Gasteiger partial charge on any atom is 0.328 e. The average Bonchev–Trinajstić information content (AvgIpc) is 2.96. The van der Waals surface area contributed by atoms with Crippen molar-refractivity contribution in [2.24, 2.45) is 5.92 Å². The van der Waals surface area contributed by atoms with Crippen LogP contribution in [0.2, 0.25) is 0 Å². The Morgan fingerprint density at radius 1 is 1.27 bits per heavy atom. The first kappa shape index (κ1) is 15.0. The first-order valence-corrected chi connectivity index (χ1v) is 8.04. The number of hydrogen-bond donors (Lipinski definition) is 1. The third-order valence-electron chi connectivity index (χ3n) is 4.55. The maximum absolute atomic E-state index is 12.3. The van der Waals surface area contributed by atoms with E-state index in [1.54, 1.807) is 6.92 Å². The number of hydrogen-bond acceptors (Lipinski definition) is 5. The quantitative estimate of drug-likeness (QED) is 0.861. The van der Waals surface area contributed by atoms with Crippen molar-refractivity contribution in [2.45, 2.75) is 57.9 Å². The molecule has 1 atom stereocenters. The molecule has 1 aromatic heterocycles. The number of likely N-dealkylation sites (tertiary alicyclic amines) is 1. The molecule has 0 aromatic carbocycles. The molecule has 1 aliphatic carbocycles. The van der Waals surface area contributed by atoms with Crippen molar-refractivity contribution in [1.82, 2.24) is 15.0 Å². The number of amides is 2. The topological polar surface area (TPSA) is 88.3 Å². The zero-order chi connectivity index (χ0) is 15.5. The van der Waals surface area contributed by atoms with Gasteiger partial charge in [0.15, 0.2) is 5.82 Å². The lowest BCUT2D eigenvalue weighted by molar-refractivity contribution is -0.130. The standard InChI is InChI=1S/C15H22N4O3/c1-10-16-15(22-18-10)17-14(21)11-8-13(20)19(9-11)12-6-4-2-3-5-7-12/h11-12H,2-9H2,1H3,(H,16,17,18,21)/t11-/m0/s1. The molecule has 2 fully saturated rings. The molecule has 7 nitrogen and oxygen atoms in total. The average molecular weight is 306 g/mol. The molecule has 1 saturated heterocycles. The zero-order valence-corrected chi connectivity index (χ0v) is 12.9. The number of rotatable bonds is 3. The minimum Gasteiger partial charge on any atom is -0.339 e. The summed E-state index contributed by atoms with van der Waals surface area (Å²) < 4.78 is 4.89. The Bertz CT molecular complexity index is 549. The molecule has 2 amide bonds. The monoisotopic (exact) mass is 306 g/mol. The summed E-state index contributed by atoms with van der Waals surface area (Å²) in [6.45, 7) is 2.19. The molecule has 3 rings (SSSR count). The van der Waals surface area contributed by atoms with Gasteiger partial charge in [-0.2, -0.15) is 4.98 Å². The van der Waals surface area contributed by atoms with Crippen molar-refractivity contribution in [1.29, 1.82) is 0 Å². The van der Waals surface area contributed by atoms with Crippen LogP contribution in [0.5, 0.6) is 0 Å². The second-order valence-electron chi connectivity index (χ2n) is 6.23. The van der Waals surface area contributed by atoms with E-state index < -0.39 is 0 Å². The summed E-state index contributed by atoms with van der Waals surface area (Å²) in [5.74, 6) is 0.0164. The van der Waals surface area contributed by atoms with Gasteiger partial charge >= 0.3 is 6.01 Å². The van der Waals surface area contributed by atoms with Crippen molar-refractivity contribution < 1.29 is 14.1 Å². The Hall–Kier alpha value is -1.92. The molecule has 0 bridgehead atoms. The van der Waals surface area contributed by atoms with Gasteiger partial charge in [-0.25, -0.2) is 0 Å². The van der Waals surface area contributed by atoms with Gasteiger partial charge in [0.25, 0.3) is 0 Å². The number of anilines is 1. The van der Waals surface area contributed by atoms with Crippen LogP contribution in [0.1, 0.15) is 50.8 Å². The van der Waals surface area contributed by atoms with Crippen LogP contribution in [0.25, 0.3) is 0 Å². The molecule has 7 heteroatoms. The highest BCUT2D eigenvalue weighted by atomic mass is 16.5. The maximum atomic E-state index is 12.3. The second-order valence-corrected chi connectivity index (χ2v) is 6.23. The highest BCUT2D eigenvalue weighted by Gasteiger charge is 2.38. The smallest absolute Gasteiger partial charge is 0.328 e. The third-order valence-corrected chi connectivity index (χ3v) is 4.55. The van der Waals surface area contributed by atoms with E-state index in [1.165, 1.54) is 25.7 Å². The second kappa shape index (κ2) is 6.46. The van der Waals surface area contributed by atoms with Crippen molar-refractivity contribution in [2.75, 3.05) is 11.9 Å². The van der Waals surface area contributed by atoms with Crippen LogP contribution in [0.3, 0.4) is 0 Å². The van der Waals surface area contributed by atoms with E-state index in [2.05, 4.69) is 15.5 Å². The largest absolute Gasteiger partial charge is 0.339 e. The Labute approximate surface area is 129 Å². The van der Waals surface area contributed by atoms with E-state index in [-0.39, 0.29) is 30.2 Å². The summed E-state index contributed by atoms with van der Waals surface area (Å²) >= 11 is 0. The zero-order valence-electron chi connectivity index (χ0n) is 12.9. The predicted molar refractivity (Wildman–Crippen MR) is 79.0 cm³/mol. The fourth-order valence-electron chi connectivity index (χ4n) is 3.38. The summed E-state index contributed by atoms with van der Waals surface area (Å²) in [6.07, 6.45) is 7.23. The molecular weight excluding hydrogens is 284 g/mol. The van der Waals surface area contributed by atoms with E-state index in [9.17, 15) is 9.59 Å². The van der Waals surface area contributed by atoms with E-state index >= 15 is 0 Å². The van der Waals surface area contributed by atoms with Crippen LogP contribution in [-0.4, -0.2) is 39.4 Å². The molecule has 1 aromatic rings. The molecule has 22 heavy (non-hydrogen) atoms. The first-order chi connectivity index (χ1) is 10.6. The molecule has 2 aliphatic rings. The molecule has 1 aliphatic heterocycles. The van der Waals surface area contributed by atoms with Gasteiger partial charge in [-0.05, 0) is 19.8 Å². The van der Waals surface area contributed by atoms with Crippen LogP contribution in [0.4, 0.5) is 6.01 Å². The van der Waals surface area contributed by atoms with Crippen LogP contribution in [0.15, 0.2) is 4.52 Å². The lowest BCUT2D eigenvalue weighted by atomic mass is 10.1. The lowest BCUT2D eigenvalue weighted by Gasteiger charge is -2.27. The Morgan fingerprint density at radius 2 is 2.00 bits per heavy atom. The Kier molecular flexibility index (Phi) is 4.40. The number of nitrogens with zero attached hydrogens (tertiary/aromatic N) is 3. The molecule has 0 unspecified atom stereocenters. The Morgan fingerprint density at radius 3 is 2.64 bits per heavy atom. The van der Waals surface area contributed by atoms with E-state index in [0.29, 0.717) is 18.4 Å². The molecule has 1 N–H and O–H groups in total. The summed E-state index contributed by atoms with van der Waals surface area (Å²) in [4.78, 5) is 30.4. The first-order valence-electron chi connectivity index (χ1n) is 8.04. The summed E-state index contributed by atoms with van der Waals surface area (Å²) in [7, 11) is 0. The SMILES string of the molecule is Cc1noc(NC(=O)[C@H]2CC(=O)N(C3CCCCCC3)C2)n1. The van der Waals surface area contributed by atoms with E-state index in [0.717, 1.165) is 12.8 Å². The summed E-state index contributed by atoms with van der Waals surface area (Å²) in [5.41, 5.74) is 0. The minimum atomic E-state index is -0.331. The predicted octanol–water partition coefficient (Wildman–Crippen LogP) is 1.89. The number of nitrogens with one attached hydrogen (secondary N) is 1. The van der Waals surface area contributed by atoms with Gasteiger partial charge in [0.05, 0.1) is 5.92 Å². The van der Waals surface area contributed by atoms with Gasteiger partial charge < -0.3 is 9.42 Å². The Balaban J connectivity index is 1.59. The van der Waals surface area contributed by atoms with Gasteiger partial charge in [-0.15, -0.1) is 0 Å². The molecule has 2 heterocycles. The van der Waals surface area contributed by atoms with Crippen molar-refractivity contribution in [3.63, 3.8) is 0 Å². The highest BCUT2D eigenvalue weighted by molar-refractivity contribution is 5.96. The molecule has 1 saturated carbocycles. The van der Waals surface area contributed by atoms with Gasteiger partial charge in [0.2, 0.25) is 11.8 Å². The number of carbonyl (C=O) groups is 2. The normalized spacial score (nSPS) is 23.6. The summed E-state index contributed by atoms with van der Waals surface area (Å²) in [5, 5.41) is 6.23. The highest BCUT2D eigenvalue weighted by Crippen LogP contribution is 2.28. The lowest BCUT2D eigenvalue weighted by Crippen LogP contribution is -2.37. The van der Waals surface area contributed by atoms with Gasteiger partial charge in [-0.1, -0.05) is 30.8 Å². The van der Waals surface area contributed by atoms with Crippen LogP contribution in [0, 0.1) is 12.8 Å². The van der Waals surface area contributed by atoms with E-state index in [1.807, 2.05) is 4.90 Å². The van der Waals surface area contributed by atoms with Crippen molar-refractivity contribution in [3.05, 3.63) is 5.82 Å². The number of carbonyl (C=O) groups excluding carboxylic acids is 2. The van der Waals surface area contributed by atoms with Crippen molar-refractivity contribution in [3.8, 4) is 0 Å². The van der Waals surface area contributed by atoms with Crippen molar-refractivity contribution >= 4 is 17.8 Å². The fourth-order valence-corrected chi connectivity index (χ4v) is 3.38. The summed E-state index contributed by atoms with van der Waals surface area (Å²) in [6, 6.07) is 0.404. The molecular formula is C15H22N4O3. The van der Waals surface area contributed by atoms with Gasteiger partial charge in [0.1, 0.15) is 0 Å². The third kappa shape index (κ3) is 3.28. The van der Waals surface area contributed by atoms with E-state index in [4.69, 9.17) is 4.52 Å². The molecule has 0 radical (unpaired) electrons. The number of aromatic nitrogens is 2. The van der Waals surface area contributed by atoms with Gasteiger partial charge in [0, 0.05) is 19.0 Å². The van der Waals surface area contributed by atoms with Gasteiger partial charge in [-0.3, -0.25) is 14.9 Å². The fraction of sp³-hybridized carbons (Fsp3) is 0.733. The van der Waals surface area contributed by atoms with Crippen LogP contribution >= 0.6 is 0 Å². The van der Waals surface area contributed by atoms with Crippen LogP contribution in [-0.2, 0) is 9.59 Å². The number of aryl methyl sites for hydroxylation is 1. The molecule has 120 valence electrons.